The number of aromatic nitrogens is 1. The number of halogens is 2. The van der Waals surface area contributed by atoms with E-state index in [1.807, 2.05) is 0 Å². The first-order chi connectivity index (χ1) is 9.63. The van der Waals surface area contributed by atoms with E-state index in [1.165, 1.54) is 12.1 Å². The predicted molar refractivity (Wildman–Crippen MR) is 77.7 cm³/mol. The van der Waals surface area contributed by atoms with Gasteiger partial charge >= 0.3 is 0 Å². The van der Waals surface area contributed by atoms with Crippen molar-refractivity contribution in [3.8, 4) is 0 Å². The number of carbonyl (C=O) groups excluding carboxylic acids is 1. The monoisotopic (exact) mass is 288 g/mol. The number of rotatable bonds is 2. The Balaban J connectivity index is 1.91. The SMILES string of the molecule is O=C(Nc1ccccc1Cl)c1cc2ccc(F)cc2[nH]1. The summed E-state index contributed by atoms with van der Waals surface area (Å²) in [6, 6.07) is 13.0. The molecule has 2 N–H and O–H groups in total. The van der Waals surface area contributed by atoms with Crippen LogP contribution in [0, 0.1) is 5.82 Å². The highest BCUT2D eigenvalue weighted by Gasteiger charge is 2.11. The maximum Gasteiger partial charge on any atom is 0.272 e. The average Bonchev–Trinajstić information content (AvgIpc) is 2.84. The van der Waals surface area contributed by atoms with E-state index in [9.17, 15) is 9.18 Å². The van der Waals surface area contributed by atoms with Crippen LogP contribution in [0.4, 0.5) is 10.1 Å². The number of anilines is 1. The second-order valence-corrected chi connectivity index (χ2v) is 4.76. The summed E-state index contributed by atoms with van der Waals surface area (Å²) in [7, 11) is 0. The van der Waals surface area contributed by atoms with E-state index in [-0.39, 0.29) is 11.7 Å². The van der Waals surface area contributed by atoms with Crippen LogP contribution in [0.15, 0.2) is 48.5 Å². The number of aromatic amines is 1. The van der Waals surface area contributed by atoms with Gasteiger partial charge in [0.25, 0.3) is 5.91 Å². The van der Waals surface area contributed by atoms with Gasteiger partial charge in [0.05, 0.1) is 10.7 Å². The summed E-state index contributed by atoms with van der Waals surface area (Å²) in [4.78, 5) is 15.0. The first-order valence-corrected chi connectivity index (χ1v) is 6.35. The van der Waals surface area contributed by atoms with Crippen molar-refractivity contribution >= 4 is 34.1 Å². The molecule has 1 aromatic heterocycles. The van der Waals surface area contributed by atoms with Crippen molar-refractivity contribution in [3.05, 3.63) is 65.1 Å². The van der Waals surface area contributed by atoms with Gasteiger partial charge in [-0.05, 0) is 36.4 Å². The molecular weight excluding hydrogens is 279 g/mol. The third-order valence-electron chi connectivity index (χ3n) is 2.95. The lowest BCUT2D eigenvalue weighted by molar-refractivity contribution is 0.102. The van der Waals surface area contributed by atoms with Crippen molar-refractivity contribution in [2.75, 3.05) is 5.32 Å². The molecule has 1 heterocycles. The van der Waals surface area contributed by atoms with Crippen LogP contribution < -0.4 is 5.32 Å². The van der Waals surface area contributed by atoms with Gasteiger partial charge in [-0.2, -0.15) is 0 Å². The highest BCUT2D eigenvalue weighted by molar-refractivity contribution is 6.33. The minimum absolute atomic E-state index is 0.324. The largest absolute Gasteiger partial charge is 0.350 e. The topological polar surface area (TPSA) is 44.9 Å². The number of hydrogen-bond donors (Lipinski definition) is 2. The first-order valence-electron chi connectivity index (χ1n) is 5.97. The summed E-state index contributed by atoms with van der Waals surface area (Å²) >= 11 is 5.98. The Labute approximate surface area is 119 Å². The Morgan fingerprint density at radius 3 is 2.75 bits per heavy atom. The highest BCUT2D eigenvalue weighted by atomic mass is 35.5. The van der Waals surface area contributed by atoms with Crippen molar-refractivity contribution in [2.24, 2.45) is 0 Å². The average molecular weight is 289 g/mol. The highest BCUT2D eigenvalue weighted by Crippen LogP contribution is 2.22. The predicted octanol–water partition coefficient (Wildman–Crippen LogP) is 4.21. The van der Waals surface area contributed by atoms with Crippen LogP contribution in [0.3, 0.4) is 0 Å². The van der Waals surface area contributed by atoms with Crippen LogP contribution in [0.5, 0.6) is 0 Å². The quantitative estimate of drug-likeness (QED) is 0.729. The number of nitrogens with one attached hydrogen (secondary N) is 2. The Morgan fingerprint density at radius 2 is 1.95 bits per heavy atom. The summed E-state index contributed by atoms with van der Waals surface area (Å²) in [5.74, 6) is -0.674. The number of para-hydroxylation sites is 1. The molecule has 0 saturated carbocycles. The lowest BCUT2D eigenvalue weighted by atomic mass is 10.2. The first kappa shape index (κ1) is 12.7. The van der Waals surface area contributed by atoms with Gasteiger partial charge in [-0.1, -0.05) is 23.7 Å². The summed E-state index contributed by atoms with van der Waals surface area (Å²) < 4.78 is 13.1. The summed E-state index contributed by atoms with van der Waals surface area (Å²) in [5, 5.41) is 3.94. The summed E-state index contributed by atoms with van der Waals surface area (Å²) in [5.41, 5.74) is 1.46. The molecule has 0 spiro atoms. The summed E-state index contributed by atoms with van der Waals surface area (Å²) in [6.07, 6.45) is 0. The molecule has 100 valence electrons. The van der Waals surface area contributed by atoms with Crippen LogP contribution in [-0.4, -0.2) is 10.9 Å². The number of benzene rings is 2. The number of hydrogen-bond acceptors (Lipinski definition) is 1. The van der Waals surface area contributed by atoms with E-state index in [0.29, 0.717) is 21.9 Å². The standard InChI is InChI=1S/C15H10ClFN2O/c16-11-3-1-2-4-12(11)19-15(20)14-7-9-5-6-10(17)8-13(9)18-14/h1-8,18H,(H,19,20). The van der Waals surface area contributed by atoms with E-state index < -0.39 is 0 Å². The molecule has 2 aromatic carbocycles. The van der Waals surface area contributed by atoms with Crippen LogP contribution >= 0.6 is 11.6 Å². The molecule has 0 fully saturated rings. The lowest BCUT2D eigenvalue weighted by Gasteiger charge is -2.05. The van der Waals surface area contributed by atoms with Crippen LogP contribution in [-0.2, 0) is 0 Å². The fourth-order valence-electron chi connectivity index (χ4n) is 1.97. The minimum atomic E-state index is -0.350. The molecule has 1 amide bonds. The zero-order valence-corrected chi connectivity index (χ0v) is 11.0. The van der Waals surface area contributed by atoms with Crippen molar-refractivity contribution in [1.82, 2.24) is 4.98 Å². The molecule has 0 saturated heterocycles. The van der Waals surface area contributed by atoms with Gasteiger partial charge in [0.15, 0.2) is 0 Å². The molecule has 3 rings (SSSR count). The Bertz CT molecular complexity index is 797. The zero-order chi connectivity index (χ0) is 14.1. The van der Waals surface area contributed by atoms with Crippen molar-refractivity contribution < 1.29 is 9.18 Å². The molecule has 0 aliphatic carbocycles. The van der Waals surface area contributed by atoms with Gasteiger partial charge in [-0.25, -0.2) is 4.39 Å². The van der Waals surface area contributed by atoms with Crippen LogP contribution in [0.25, 0.3) is 10.9 Å². The molecule has 0 unspecified atom stereocenters. The molecule has 0 aliphatic rings. The van der Waals surface area contributed by atoms with E-state index in [0.717, 1.165) is 5.39 Å². The molecule has 20 heavy (non-hydrogen) atoms. The van der Waals surface area contributed by atoms with Gasteiger partial charge in [-0.15, -0.1) is 0 Å². The summed E-state index contributed by atoms with van der Waals surface area (Å²) in [6.45, 7) is 0. The number of amides is 1. The number of H-pyrrole nitrogens is 1. The molecule has 0 atom stereocenters. The van der Waals surface area contributed by atoms with Crippen molar-refractivity contribution in [2.45, 2.75) is 0 Å². The molecule has 0 radical (unpaired) electrons. The molecule has 5 heteroatoms. The zero-order valence-electron chi connectivity index (χ0n) is 10.3. The van der Waals surface area contributed by atoms with Crippen LogP contribution in [0.2, 0.25) is 5.02 Å². The molecular formula is C15H10ClFN2O. The Hall–Kier alpha value is -2.33. The number of carbonyl (C=O) groups is 1. The van der Waals surface area contributed by atoms with Crippen LogP contribution in [0.1, 0.15) is 10.5 Å². The van der Waals surface area contributed by atoms with Crippen molar-refractivity contribution in [1.29, 1.82) is 0 Å². The molecule has 3 aromatic rings. The normalized spacial score (nSPS) is 10.7. The second-order valence-electron chi connectivity index (χ2n) is 4.35. The van der Waals surface area contributed by atoms with Gasteiger partial charge in [0.1, 0.15) is 11.5 Å². The van der Waals surface area contributed by atoms with Gasteiger partial charge < -0.3 is 10.3 Å². The second kappa shape index (κ2) is 4.98. The minimum Gasteiger partial charge on any atom is -0.350 e. The maximum atomic E-state index is 13.1. The van der Waals surface area contributed by atoms with Gasteiger partial charge in [0.2, 0.25) is 0 Å². The van der Waals surface area contributed by atoms with E-state index in [2.05, 4.69) is 10.3 Å². The lowest BCUT2D eigenvalue weighted by Crippen LogP contribution is -2.12. The fraction of sp³-hybridized carbons (Fsp3) is 0. The van der Waals surface area contributed by atoms with Gasteiger partial charge in [-0.3, -0.25) is 4.79 Å². The van der Waals surface area contributed by atoms with E-state index in [1.54, 1.807) is 36.4 Å². The molecule has 3 nitrogen and oxygen atoms in total. The van der Waals surface area contributed by atoms with Crippen molar-refractivity contribution in [3.63, 3.8) is 0 Å². The van der Waals surface area contributed by atoms with Gasteiger partial charge in [0, 0.05) is 10.9 Å². The number of fused-ring (bicyclic) bond motifs is 1. The van der Waals surface area contributed by atoms with E-state index in [4.69, 9.17) is 11.6 Å². The Kier molecular flexibility index (Phi) is 3.16. The fourth-order valence-corrected chi connectivity index (χ4v) is 2.16. The van der Waals surface area contributed by atoms with E-state index >= 15 is 0 Å². The molecule has 0 aliphatic heterocycles. The molecule has 0 bridgehead atoms. The maximum absolute atomic E-state index is 13.1. The smallest absolute Gasteiger partial charge is 0.272 e. The third kappa shape index (κ3) is 2.38. The Morgan fingerprint density at radius 1 is 1.15 bits per heavy atom. The third-order valence-corrected chi connectivity index (χ3v) is 3.28.